The number of carboxylic acids is 2. The van der Waals surface area contributed by atoms with Crippen molar-refractivity contribution in [2.45, 2.75) is 121 Å². The van der Waals surface area contributed by atoms with Crippen LogP contribution >= 0.6 is 0 Å². The van der Waals surface area contributed by atoms with Gasteiger partial charge >= 0.3 is 11.9 Å². The first-order valence-electron chi connectivity index (χ1n) is 13.6. The molecular weight excluding hydrogens is 480 g/mol. The van der Waals surface area contributed by atoms with Gasteiger partial charge in [-0.1, -0.05) is 51.4 Å². The maximum atomic E-state index is 12.1. The molecule has 0 saturated heterocycles. The Morgan fingerprint density at radius 2 is 1.22 bits per heavy atom. The Labute approximate surface area is 220 Å². The molecule has 2 atom stereocenters. The second kappa shape index (κ2) is 22.5. The molecule has 0 heterocycles. The fourth-order valence-corrected chi connectivity index (χ4v) is 3.90. The number of carboxylic acid groups (broad SMARTS) is 2. The Morgan fingerprint density at radius 3 is 1.73 bits per heavy atom. The van der Waals surface area contributed by atoms with E-state index in [-0.39, 0.29) is 43.4 Å². The maximum absolute atomic E-state index is 12.1. The van der Waals surface area contributed by atoms with Crippen molar-refractivity contribution in [3.05, 3.63) is 0 Å². The number of hydrogen-bond donors (Lipinski definition) is 6. The first kappa shape index (κ1) is 34.3. The molecule has 3 amide bonds. The van der Waals surface area contributed by atoms with Gasteiger partial charge in [-0.05, 0) is 38.5 Å². The molecule has 214 valence electrons. The summed E-state index contributed by atoms with van der Waals surface area (Å²) in [6, 6.07) is -1.67. The molecule has 0 spiro atoms. The third kappa shape index (κ3) is 21.1. The number of hydrogen-bond acceptors (Lipinski definition) is 6. The van der Waals surface area contributed by atoms with Gasteiger partial charge in [-0.3, -0.25) is 19.2 Å². The van der Waals surface area contributed by atoms with Gasteiger partial charge in [0.05, 0.1) is 6.04 Å². The van der Waals surface area contributed by atoms with Gasteiger partial charge in [-0.2, -0.15) is 0 Å². The van der Waals surface area contributed by atoms with Crippen LogP contribution in [0.5, 0.6) is 0 Å². The summed E-state index contributed by atoms with van der Waals surface area (Å²) in [7, 11) is 1.53. The Kier molecular flexibility index (Phi) is 20.9. The van der Waals surface area contributed by atoms with Gasteiger partial charge < -0.3 is 31.9 Å². The van der Waals surface area contributed by atoms with Crippen LogP contribution in [0.1, 0.15) is 109 Å². The zero-order valence-electron chi connectivity index (χ0n) is 22.4. The fourth-order valence-electron chi connectivity index (χ4n) is 3.90. The highest BCUT2D eigenvalue weighted by atomic mass is 16.4. The van der Waals surface area contributed by atoms with Crippen LogP contribution in [-0.2, 0) is 24.0 Å². The van der Waals surface area contributed by atoms with E-state index >= 15 is 0 Å². The summed E-state index contributed by atoms with van der Waals surface area (Å²) in [4.78, 5) is 57.4. The smallest absolute Gasteiger partial charge is 0.326 e. The number of amides is 3. The van der Waals surface area contributed by atoms with Crippen LogP contribution in [0.2, 0.25) is 0 Å². The molecule has 0 aromatic rings. The number of carbonyl (C=O) groups is 5. The van der Waals surface area contributed by atoms with Crippen LogP contribution in [0, 0.1) is 0 Å². The number of likely N-dealkylation sites (N-methyl/N-ethyl adjacent to an activating group) is 1. The number of rotatable bonds is 24. The maximum Gasteiger partial charge on any atom is 0.326 e. The van der Waals surface area contributed by atoms with E-state index in [4.69, 9.17) is 10.8 Å². The first-order valence-corrected chi connectivity index (χ1v) is 13.6. The average molecular weight is 529 g/mol. The molecule has 0 unspecified atom stereocenters. The molecule has 0 saturated carbocycles. The van der Waals surface area contributed by atoms with Crippen molar-refractivity contribution in [2.75, 3.05) is 13.6 Å². The van der Waals surface area contributed by atoms with E-state index in [9.17, 15) is 29.1 Å². The van der Waals surface area contributed by atoms with E-state index in [1.54, 1.807) is 0 Å². The van der Waals surface area contributed by atoms with Crippen LogP contribution in [-0.4, -0.2) is 65.5 Å². The molecule has 37 heavy (non-hydrogen) atoms. The highest BCUT2D eigenvalue weighted by Gasteiger charge is 2.20. The molecule has 11 heteroatoms. The zero-order chi connectivity index (χ0) is 27.9. The van der Waals surface area contributed by atoms with Crippen molar-refractivity contribution in [2.24, 2.45) is 5.73 Å². The van der Waals surface area contributed by atoms with E-state index in [1.807, 2.05) is 0 Å². The van der Waals surface area contributed by atoms with Crippen molar-refractivity contribution >= 4 is 29.7 Å². The van der Waals surface area contributed by atoms with Crippen LogP contribution < -0.4 is 21.7 Å². The molecule has 0 aliphatic rings. The van der Waals surface area contributed by atoms with Crippen LogP contribution in [0.3, 0.4) is 0 Å². The second-order valence-electron chi connectivity index (χ2n) is 9.49. The van der Waals surface area contributed by atoms with Crippen molar-refractivity contribution in [1.82, 2.24) is 16.0 Å². The second-order valence-corrected chi connectivity index (χ2v) is 9.49. The van der Waals surface area contributed by atoms with Crippen molar-refractivity contribution in [1.29, 1.82) is 0 Å². The molecule has 0 fully saturated rings. The van der Waals surface area contributed by atoms with Crippen molar-refractivity contribution in [3.8, 4) is 0 Å². The number of carbonyl (C=O) groups excluding carboxylic acids is 3. The molecule has 0 aliphatic carbocycles. The van der Waals surface area contributed by atoms with Crippen molar-refractivity contribution < 1.29 is 34.2 Å². The number of unbranched alkanes of at least 4 members (excludes halogenated alkanes) is 10. The molecule has 0 rings (SSSR count). The van der Waals surface area contributed by atoms with E-state index in [0.717, 1.165) is 57.8 Å². The average Bonchev–Trinajstić information content (AvgIpc) is 2.85. The van der Waals surface area contributed by atoms with Gasteiger partial charge in [0, 0.05) is 32.9 Å². The van der Waals surface area contributed by atoms with E-state index in [1.165, 1.54) is 7.05 Å². The van der Waals surface area contributed by atoms with Crippen molar-refractivity contribution in [3.63, 3.8) is 0 Å². The summed E-state index contributed by atoms with van der Waals surface area (Å²) in [5.41, 5.74) is 5.70. The van der Waals surface area contributed by atoms with Gasteiger partial charge in [0.25, 0.3) is 0 Å². The largest absolute Gasteiger partial charge is 0.481 e. The topological polar surface area (TPSA) is 188 Å². The Hall–Kier alpha value is -2.69. The fraction of sp³-hybridized carbons (Fsp3) is 0.808. The lowest BCUT2D eigenvalue weighted by atomic mass is 10.0. The normalized spacial score (nSPS) is 12.4. The molecule has 0 aromatic heterocycles. The Morgan fingerprint density at radius 1 is 0.676 bits per heavy atom. The molecule has 0 aromatic carbocycles. The minimum atomic E-state index is -1.16. The minimum absolute atomic E-state index is 0.00540. The summed E-state index contributed by atoms with van der Waals surface area (Å²) >= 11 is 0. The van der Waals surface area contributed by atoms with E-state index in [0.29, 0.717) is 32.2 Å². The Bertz CT molecular complexity index is 688. The third-order valence-corrected chi connectivity index (χ3v) is 6.19. The van der Waals surface area contributed by atoms with Gasteiger partial charge in [0.2, 0.25) is 17.7 Å². The summed E-state index contributed by atoms with van der Waals surface area (Å²) in [5.74, 6) is -2.72. The minimum Gasteiger partial charge on any atom is -0.481 e. The molecule has 7 N–H and O–H groups in total. The predicted octanol–water partition coefficient (Wildman–Crippen LogP) is 2.46. The lowest BCUT2D eigenvalue weighted by molar-refractivity contribution is -0.142. The zero-order valence-corrected chi connectivity index (χ0v) is 22.4. The molecular formula is C26H48N4O7. The molecule has 0 aliphatic heterocycles. The monoisotopic (exact) mass is 528 g/mol. The summed E-state index contributed by atoms with van der Waals surface area (Å²) in [6.45, 7) is 0.413. The SMILES string of the molecule is CNC(=O)[C@@H](N)CCCCNC(=O)CC[C@H](NC(=O)CCCCCCCCCCCCC(=O)O)C(=O)O. The quantitative estimate of drug-likeness (QED) is 0.103. The number of nitrogens with one attached hydrogen (secondary N) is 3. The van der Waals surface area contributed by atoms with Crippen LogP contribution in [0.25, 0.3) is 0 Å². The summed E-state index contributed by atoms with van der Waals surface area (Å²) < 4.78 is 0. The number of aliphatic carboxylic acids is 2. The first-order chi connectivity index (χ1) is 17.7. The highest BCUT2D eigenvalue weighted by molar-refractivity contribution is 5.84. The molecule has 11 nitrogen and oxygen atoms in total. The van der Waals surface area contributed by atoms with Gasteiger partial charge in [-0.25, -0.2) is 4.79 Å². The van der Waals surface area contributed by atoms with Crippen LogP contribution in [0.4, 0.5) is 0 Å². The molecule has 0 radical (unpaired) electrons. The lowest BCUT2D eigenvalue weighted by Crippen LogP contribution is -2.41. The van der Waals surface area contributed by atoms with E-state index in [2.05, 4.69) is 16.0 Å². The third-order valence-electron chi connectivity index (χ3n) is 6.19. The standard InChI is InChI=1S/C26H48N4O7/c1-28-25(35)20(27)14-12-13-19-29-22(31)18-17-21(26(36)37)30-23(32)15-10-8-6-4-2-3-5-7-9-11-16-24(33)34/h20-21H,2-19,27H2,1H3,(H,28,35)(H,29,31)(H,30,32)(H,33,34)(H,36,37)/t20-,21-/m0/s1. The molecule has 0 bridgehead atoms. The lowest BCUT2D eigenvalue weighted by Gasteiger charge is -2.14. The van der Waals surface area contributed by atoms with E-state index < -0.39 is 24.0 Å². The number of nitrogens with two attached hydrogens (primary N) is 1. The van der Waals surface area contributed by atoms with Gasteiger partial charge in [-0.15, -0.1) is 0 Å². The summed E-state index contributed by atoms with van der Waals surface area (Å²) in [6.07, 6.45) is 12.2. The highest BCUT2D eigenvalue weighted by Crippen LogP contribution is 2.12. The predicted molar refractivity (Wildman–Crippen MR) is 141 cm³/mol. The summed E-state index contributed by atoms with van der Waals surface area (Å²) in [5, 5.41) is 25.7. The van der Waals surface area contributed by atoms with Gasteiger partial charge in [0.15, 0.2) is 0 Å². The van der Waals surface area contributed by atoms with Crippen LogP contribution in [0.15, 0.2) is 0 Å². The Balaban J connectivity index is 3.82. The van der Waals surface area contributed by atoms with Gasteiger partial charge in [0.1, 0.15) is 6.04 Å².